The van der Waals surface area contributed by atoms with E-state index in [0.29, 0.717) is 6.29 Å². The van der Waals surface area contributed by atoms with Gasteiger partial charge in [-0.3, -0.25) is 19.7 Å². The van der Waals surface area contributed by atoms with Gasteiger partial charge in [-0.1, -0.05) is 0 Å². The molecule has 0 amide bonds. The molecule has 0 fully saturated rings. The molecule has 0 aliphatic rings. The Morgan fingerprint density at radius 2 is 2.16 bits per heavy atom. The summed E-state index contributed by atoms with van der Waals surface area (Å²) < 4.78 is 22.9. The van der Waals surface area contributed by atoms with Crippen molar-refractivity contribution in [1.29, 1.82) is 0 Å². The van der Waals surface area contributed by atoms with E-state index >= 15 is 0 Å². The van der Waals surface area contributed by atoms with Crippen LogP contribution in [0.25, 0.3) is 0 Å². The van der Waals surface area contributed by atoms with Crippen molar-refractivity contribution in [3.05, 3.63) is 33.6 Å². The molecule has 0 N–H and O–H groups in total. The van der Waals surface area contributed by atoms with E-state index in [2.05, 4.69) is 4.74 Å². The summed E-state index contributed by atoms with van der Waals surface area (Å²) >= 11 is 0. The van der Waals surface area contributed by atoms with Gasteiger partial charge in [0.25, 0.3) is 0 Å². The van der Waals surface area contributed by atoms with Gasteiger partial charge in [0, 0.05) is 19.1 Å². The molecule has 0 heterocycles. The van der Waals surface area contributed by atoms with Crippen LogP contribution in [0.2, 0.25) is 0 Å². The number of nitro benzene ring substituents is 1. The van der Waals surface area contributed by atoms with Gasteiger partial charge in [0.05, 0.1) is 10.5 Å². The largest absolute Gasteiger partial charge is 0.489 e. The molecule has 1 aromatic rings. The number of nitro groups is 1. The molecule has 0 aliphatic heterocycles. The maximum atomic E-state index is 13.3. The highest BCUT2D eigenvalue weighted by Gasteiger charge is 2.18. The molecule has 0 bridgehead atoms. The normalized spacial score (nSPS) is 9.79. The van der Waals surface area contributed by atoms with Crippen molar-refractivity contribution < 1.29 is 28.4 Å². The lowest BCUT2D eigenvalue weighted by Crippen LogP contribution is -2.10. The molecule has 7 nitrogen and oxygen atoms in total. The van der Waals surface area contributed by atoms with Gasteiger partial charge in [-0.15, -0.1) is 0 Å². The van der Waals surface area contributed by atoms with E-state index in [9.17, 15) is 24.1 Å². The summed E-state index contributed by atoms with van der Waals surface area (Å²) in [6, 6.07) is 1.53. The van der Waals surface area contributed by atoms with Crippen molar-refractivity contribution in [3.8, 4) is 5.75 Å². The number of ether oxygens (including phenoxy) is 2. The number of carbonyl (C=O) groups excluding carboxylic acids is 2. The van der Waals surface area contributed by atoms with Crippen LogP contribution in [-0.2, 0) is 9.53 Å². The van der Waals surface area contributed by atoms with E-state index in [4.69, 9.17) is 4.74 Å². The maximum absolute atomic E-state index is 13.3. The number of hydrogen-bond donors (Lipinski definition) is 0. The van der Waals surface area contributed by atoms with Crippen molar-refractivity contribution in [2.45, 2.75) is 6.92 Å². The van der Waals surface area contributed by atoms with E-state index in [1.165, 1.54) is 6.92 Å². The zero-order chi connectivity index (χ0) is 14.4. The first-order chi connectivity index (χ1) is 8.95. The molecule has 0 radical (unpaired) electrons. The van der Waals surface area contributed by atoms with Crippen LogP contribution >= 0.6 is 0 Å². The smallest absolute Gasteiger partial charge is 0.305 e. The number of hydrogen-bond acceptors (Lipinski definition) is 6. The van der Waals surface area contributed by atoms with Crippen LogP contribution in [0.1, 0.15) is 17.3 Å². The quantitative estimate of drug-likeness (QED) is 0.256. The van der Waals surface area contributed by atoms with E-state index in [0.717, 1.165) is 12.1 Å². The van der Waals surface area contributed by atoms with Gasteiger partial charge in [0.15, 0.2) is 6.29 Å². The second-order valence-electron chi connectivity index (χ2n) is 3.40. The molecular formula is C11H10FNO6. The molecule has 0 spiro atoms. The number of aldehydes is 1. The first kappa shape index (κ1) is 14.6. The third-order valence-corrected chi connectivity index (χ3v) is 2.05. The summed E-state index contributed by atoms with van der Waals surface area (Å²) in [5, 5.41) is 10.5. The van der Waals surface area contributed by atoms with E-state index in [1.54, 1.807) is 0 Å². The third-order valence-electron chi connectivity index (χ3n) is 2.05. The third kappa shape index (κ3) is 4.02. The standard InChI is InChI=1S/C11H10FNO6/c1-7(15)18-2-3-19-11-5-9(12)10(13(16)17)4-8(11)6-14/h4-6H,2-3H2,1H3. The second-order valence-corrected chi connectivity index (χ2v) is 3.40. The summed E-state index contributed by atoms with van der Waals surface area (Å²) in [6.45, 7) is 1.03. The van der Waals surface area contributed by atoms with E-state index in [-0.39, 0.29) is 24.5 Å². The van der Waals surface area contributed by atoms with Crippen LogP contribution in [0.3, 0.4) is 0 Å². The zero-order valence-corrected chi connectivity index (χ0v) is 9.92. The van der Waals surface area contributed by atoms with Gasteiger partial charge in [0.1, 0.15) is 19.0 Å². The van der Waals surface area contributed by atoms with Crippen molar-refractivity contribution in [3.63, 3.8) is 0 Å². The van der Waals surface area contributed by atoms with Crippen LogP contribution in [0.4, 0.5) is 10.1 Å². The Hall–Kier alpha value is -2.51. The fourth-order valence-corrected chi connectivity index (χ4v) is 1.25. The van der Waals surface area contributed by atoms with Crippen LogP contribution < -0.4 is 4.74 Å². The summed E-state index contributed by atoms with van der Waals surface area (Å²) in [5.41, 5.74) is -0.967. The minimum Gasteiger partial charge on any atom is -0.489 e. The predicted molar refractivity (Wildman–Crippen MR) is 60.6 cm³/mol. The highest BCUT2D eigenvalue weighted by atomic mass is 19.1. The number of carbonyl (C=O) groups is 2. The molecule has 8 heteroatoms. The Balaban J connectivity index is 2.83. The van der Waals surface area contributed by atoms with Crippen molar-refractivity contribution >= 4 is 17.9 Å². The number of halogens is 1. The molecule has 0 saturated heterocycles. The first-order valence-electron chi connectivity index (χ1n) is 5.15. The van der Waals surface area contributed by atoms with E-state index < -0.39 is 22.4 Å². The van der Waals surface area contributed by atoms with E-state index in [1.807, 2.05) is 0 Å². The fraction of sp³-hybridized carbons (Fsp3) is 0.273. The number of rotatable bonds is 6. The van der Waals surface area contributed by atoms with Gasteiger partial charge in [-0.05, 0) is 0 Å². The molecule has 1 rings (SSSR count). The van der Waals surface area contributed by atoms with Crippen molar-refractivity contribution in [1.82, 2.24) is 0 Å². The highest BCUT2D eigenvalue weighted by Crippen LogP contribution is 2.26. The van der Waals surface area contributed by atoms with Crippen LogP contribution in [0, 0.1) is 15.9 Å². The number of nitrogens with zero attached hydrogens (tertiary/aromatic N) is 1. The molecule has 0 aromatic heterocycles. The predicted octanol–water partition coefficient (Wildman–Crippen LogP) is 1.49. The summed E-state index contributed by atoms with van der Waals surface area (Å²) in [6.07, 6.45) is 0.313. The Labute approximate surface area is 107 Å². The lowest BCUT2D eigenvalue weighted by Gasteiger charge is -2.08. The van der Waals surface area contributed by atoms with Crippen LogP contribution in [0.15, 0.2) is 12.1 Å². The van der Waals surface area contributed by atoms with Gasteiger partial charge in [-0.25, -0.2) is 0 Å². The molecule has 0 saturated carbocycles. The SMILES string of the molecule is CC(=O)OCCOc1cc(F)c([N+](=O)[O-])cc1C=O. The molecule has 0 unspecified atom stereocenters. The van der Waals surface area contributed by atoms with Gasteiger partial charge in [-0.2, -0.15) is 4.39 Å². The molecule has 0 atom stereocenters. The minimum atomic E-state index is -1.11. The molecule has 1 aromatic carbocycles. The Bertz CT molecular complexity index is 516. The number of benzene rings is 1. The lowest BCUT2D eigenvalue weighted by atomic mass is 10.2. The van der Waals surface area contributed by atoms with Gasteiger partial charge < -0.3 is 9.47 Å². The zero-order valence-electron chi connectivity index (χ0n) is 9.92. The average molecular weight is 271 g/mol. The Kier molecular flexibility index (Phi) is 4.92. The van der Waals surface area contributed by atoms with Crippen LogP contribution in [-0.4, -0.2) is 30.4 Å². The molecular weight excluding hydrogens is 261 g/mol. The first-order valence-corrected chi connectivity index (χ1v) is 5.15. The second kappa shape index (κ2) is 6.43. The van der Waals surface area contributed by atoms with Gasteiger partial charge >= 0.3 is 11.7 Å². The van der Waals surface area contributed by atoms with Crippen LogP contribution in [0.5, 0.6) is 5.75 Å². The fourth-order valence-electron chi connectivity index (χ4n) is 1.25. The lowest BCUT2D eigenvalue weighted by molar-refractivity contribution is -0.387. The monoisotopic (exact) mass is 271 g/mol. The Morgan fingerprint density at radius 1 is 1.47 bits per heavy atom. The molecule has 19 heavy (non-hydrogen) atoms. The molecule has 0 aliphatic carbocycles. The summed E-state index contributed by atoms with van der Waals surface area (Å²) in [4.78, 5) is 30.8. The molecule has 102 valence electrons. The number of esters is 1. The van der Waals surface area contributed by atoms with Gasteiger partial charge in [0.2, 0.25) is 5.82 Å². The summed E-state index contributed by atoms with van der Waals surface area (Å²) in [5.74, 6) is -1.77. The van der Waals surface area contributed by atoms with Crippen molar-refractivity contribution in [2.75, 3.05) is 13.2 Å². The average Bonchev–Trinajstić information content (AvgIpc) is 2.34. The van der Waals surface area contributed by atoms with Crippen molar-refractivity contribution in [2.24, 2.45) is 0 Å². The Morgan fingerprint density at radius 3 is 2.68 bits per heavy atom. The maximum Gasteiger partial charge on any atom is 0.305 e. The summed E-state index contributed by atoms with van der Waals surface area (Å²) in [7, 11) is 0. The topological polar surface area (TPSA) is 95.7 Å². The minimum absolute atomic E-state index is 0.0771. The highest BCUT2D eigenvalue weighted by molar-refractivity contribution is 5.80.